The predicted octanol–water partition coefficient (Wildman–Crippen LogP) is 2.26. The Labute approximate surface area is 81.2 Å². The fraction of sp³-hybridized carbons (Fsp3) is 0.100. The molecule has 1 aliphatic rings. The Morgan fingerprint density at radius 2 is 2.15 bits per heavy atom. The number of hydrogen-bond donors (Lipinski definition) is 1. The number of carbonyl (C=O) groups is 1. The van der Waals surface area contributed by atoms with Crippen molar-refractivity contribution < 1.29 is 4.79 Å². The number of para-hydroxylation sites is 1. The van der Waals surface area contributed by atoms with Crippen molar-refractivity contribution in [3.63, 3.8) is 0 Å². The van der Waals surface area contributed by atoms with Crippen molar-refractivity contribution in [1.82, 2.24) is 0 Å². The van der Waals surface area contributed by atoms with Crippen LogP contribution in [0.3, 0.4) is 0 Å². The number of fused-ring (bicyclic) bond motifs is 1. The molecule has 0 saturated carbocycles. The lowest BCUT2D eigenvalue weighted by molar-refractivity contribution is -0.108. The van der Waals surface area contributed by atoms with E-state index in [4.69, 9.17) is 11.6 Å². The largest absolute Gasteiger partial charge is 0.380 e. The van der Waals surface area contributed by atoms with E-state index in [0.29, 0.717) is 12.1 Å². The molecular weight excluding hydrogens is 186 g/mol. The van der Waals surface area contributed by atoms with Crippen LogP contribution in [0, 0.1) is 0 Å². The topological polar surface area (TPSA) is 29.1 Å². The van der Waals surface area contributed by atoms with Crippen molar-refractivity contribution in [2.75, 3.05) is 11.9 Å². The first kappa shape index (κ1) is 8.32. The summed E-state index contributed by atoms with van der Waals surface area (Å²) in [7, 11) is 0. The Hall–Kier alpha value is -1.28. The van der Waals surface area contributed by atoms with E-state index in [2.05, 4.69) is 5.32 Å². The third kappa shape index (κ3) is 1.58. The van der Waals surface area contributed by atoms with Gasteiger partial charge in [0, 0.05) is 17.8 Å². The predicted molar refractivity (Wildman–Crippen MR) is 53.8 cm³/mol. The Bertz CT molecular complexity index is 384. The molecule has 1 aromatic rings. The van der Waals surface area contributed by atoms with E-state index in [-0.39, 0.29) is 5.24 Å². The molecule has 66 valence electrons. The summed E-state index contributed by atoms with van der Waals surface area (Å²) in [6.45, 7) is 0.513. The minimum absolute atomic E-state index is 0.387. The average molecular weight is 194 g/mol. The highest BCUT2D eigenvalue weighted by molar-refractivity contribution is 6.68. The highest BCUT2D eigenvalue weighted by Gasteiger charge is 2.12. The molecule has 0 atom stereocenters. The van der Waals surface area contributed by atoms with E-state index in [1.807, 2.05) is 30.3 Å². The van der Waals surface area contributed by atoms with E-state index in [1.54, 1.807) is 0 Å². The van der Waals surface area contributed by atoms with Gasteiger partial charge >= 0.3 is 0 Å². The molecular formula is C10H8ClNO. The molecule has 2 nitrogen and oxygen atoms in total. The molecule has 0 fully saturated rings. The van der Waals surface area contributed by atoms with Crippen molar-refractivity contribution in [3.8, 4) is 0 Å². The van der Waals surface area contributed by atoms with Crippen LogP contribution in [-0.2, 0) is 4.79 Å². The van der Waals surface area contributed by atoms with E-state index in [1.165, 1.54) is 0 Å². The maximum absolute atomic E-state index is 10.9. The second-order valence-corrected chi connectivity index (χ2v) is 3.23. The van der Waals surface area contributed by atoms with Crippen LogP contribution in [0.25, 0.3) is 6.08 Å². The number of rotatable bonds is 1. The van der Waals surface area contributed by atoms with Crippen LogP contribution in [0.15, 0.2) is 29.8 Å². The standard InChI is InChI=1S/C10H8ClNO/c11-10(13)8-5-7-3-1-2-4-9(7)12-6-8/h1-5,12H,6H2. The zero-order valence-corrected chi connectivity index (χ0v) is 7.64. The third-order valence-electron chi connectivity index (χ3n) is 2.01. The van der Waals surface area contributed by atoms with E-state index in [0.717, 1.165) is 11.3 Å². The quantitative estimate of drug-likeness (QED) is 0.694. The molecule has 2 rings (SSSR count). The zero-order chi connectivity index (χ0) is 9.26. The molecule has 0 unspecified atom stereocenters. The lowest BCUT2D eigenvalue weighted by Crippen LogP contribution is -2.13. The van der Waals surface area contributed by atoms with Crippen molar-refractivity contribution in [2.45, 2.75) is 0 Å². The SMILES string of the molecule is O=C(Cl)C1=Cc2ccccc2NC1. The van der Waals surface area contributed by atoms with Gasteiger partial charge in [-0.05, 0) is 29.3 Å². The monoisotopic (exact) mass is 193 g/mol. The van der Waals surface area contributed by atoms with Gasteiger partial charge in [0.1, 0.15) is 0 Å². The molecule has 0 saturated heterocycles. The van der Waals surface area contributed by atoms with Crippen LogP contribution < -0.4 is 5.32 Å². The van der Waals surface area contributed by atoms with Gasteiger partial charge in [0.15, 0.2) is 0 Å². The highest BCUT2D eigenvalue weighted by Crippen LogP contribution is 2.23. The first-order valence-electron chi connectivity index (χ1n) is 4.00. The summed E-state index contributed by atoms with van der Waals surface area (Å²) in [5, 5.41) is 2.73. The maximum atomic E-state index is 10.9. The molecule has 3 heteroatoms. The molecule has 0 radical (unpaired) electrons. The fourth-order valence-electron chi connectivity index (χ4n) is 1.34. The Morgan fingerprint density at radius 1 is 1.38 bits per heavy atom. The van der Waals surface area contributed by atoms with Gasteiger partial charge in [0.2, 0.25) is 5.24 Å². The van der Waals surface area contributed by atoms with Crippen LogP contribution in [0.4, 0.5) is 5.69 Å². The maximum Gasteiger partial charge on any atom is 0.250 e. The molecule has 1 heterocycles. The van der Waals surface area contributed by atoms with Gasteiger partial charge in [0.25, 0.3) is 0 Å². The summed E-state index contributed by atoms with van der Waals surface area (Å²) < 4.78 is 0. The van der Waals surface area contributed by atoms with Crippen LogP contribution in [-0.4, -0.2) is 11.8 Å². The number of nitrogens with one attached hydrogen (secondary N) is 1. The lowest BCUT2D eigenvalue weighted by atomic mass is 10.1. The smallest absolute Gasteiger partial charge is 0.250 e. The first-order valence-corrected chi connectivity index (χ1v) is 4.38. The minimum atomic E-state index is -0.387. The summed E-state index contributed by atoms with van der Waals surface area (Å²) in [5.41, 5.74) is 2.67. The summed E-state index contributed by atoms with van der Waals surface area (Å²) in [4.78, 5) is 10.9. The summed E-state index contributed by atoms with van der Waals surface area (Å²) >= 11 is 5.38. The summed E-state index contributed by atoms with van der Waals surface area (Å²) in [6.07, 6.45) is 1.82. The van der Waals surface area contributed by atoms with Crippen LogP contribution in [0.5, 0.6) is 0 Å². The van der Waals surface area contributed by atoms with E-state index >= 15 is 0 Å². The molecule has 1 aliphatic heterocycles. The van der Waals surface area contributed by atoms with E-state index < -0.39 is 0 Å². The molecule has 1 N–H and O–H groups in total. The molecule has 1 aromatic carbocycles. The van der Waals surface area contributed by atoms with Gasteiger partial charge < -0.3 is 5.32 Å². The van der Waals surface area contributed by atoms with Crippen molar-refractivity contribution in [2.24, 2.45) is 0 Å². The second-order valence-electron chi connectivity index (χ2n) is 2.88. The van der Waals surface area contributed by atoms with Gasteiger partial charge in [-0.2, -0.15) is 0 Å². The van der Waals surface area contributed by atoms with Crippen LogP contribution in [0.1, 0.15) is 5.56 Å². The average Bonchev–Trinajstić information content (AvgIpc) is 2.17. The van der Waals surface area contributed by atoms with Gasteiger partial charge in [-0.3, -0.25) is 4.79 Å². The molecule has 13 heavy (non-hydrogen) atoms. The Kier molecular flexibility index (Phi) is 2.07. The highest BCUT2D eigenvalue weighted by atomic mass is 35.5. The van der Waals surface area contributed by atoms with Crippen molar-refractivity contribution in [1.29, 1.82) is 0 Å². The van der Waals surface area contributed by atoms with Gasteiger partial charge in [-0.15, -0.1) is 0 Å². The van der Waals surface area contributed by atoms with Crippen LogP contribution in [0.2, 0.25) is 0 Å². The van der Waals surface area contributed by atoms with Crippen LogP contribution >= 0.6 is 11.6 Å². The van der Waals surface area contributed by atoms with Crippen molar-refractivity contribution in [3.05, 3.63) is 35.4 Å². The minimum Gasteiger partial charge on any atom is -0.380 e. The molecule has 0 aliphatic carbocycles. The number of anilines is 1. The van der Waals surface area contributed by atoms with E-state index in [9.17, 15) is 4.79 Å². The fourth-order valence-corrected chi connectivity index (χ4v) is 1.46. The van der Waals surface area contributed by atoms with Crippen molar-refractivity contribution >= 4 is 28.6 Å². The third-order valence-corrected chi connectivity index (χ3v) is 2.26. The van der Waals surface area contributed by atoms with Gasteiger partial charge in [-0.1, -0.05) is 18.2 Å². The molecule has 0 aromatic heterocycles. The van der Waals surface area contributed by atoms with Gasteiger partial charge in [0.05, 0.1) is 0 Å². The number of benzene rings is 1. The molecule has 0 bridgehead atoms. The normalized spacial score (nSPS) is 14.1. The second kappa shape index (κ2) is 3.23. The number of halogens is 1. The lowest BCUT2D eigenvalue weighted by Gasteiger charge is -2.15. The Morgan fingerprint density at radius 3 is 2.92 bits per heavy atom. The first-order chi connectivity index (χ1) is 6.27. The Balaban J connectivity index is 2.44. The molecule has 0 amide bonds. The molecule has 0 spiro atoms. The zero-order valence-electron chi connectivity index (χ0n) is 6.88. The number of hydrogen-bond acceptors (Lipinski definition) is 2. The van der Waals surface area contributed by atoms with Gasteiger partial charge in [-0.25, -0.2) is 0 Å². The summed E-state index contributed by atoms with van der Waals surface area (Å²) in [5.74, 6) is 0. The number of carbonyl (C=O) groups excluding carboxylic acids is 1. The summed E-state index contributed by atoms with van der Waals surface area (Å²) in [6, 6.07) is 7.80.